The van der Waals surface area contributed by atoms with Crippen LogP contribution in [-0.4, -0.2) is 79.1 Å². The number of anilines is 1. The minimum Gasteiger partial charge on any atom is -0.481 e. The molecule has 0 spiro atoms. The molecule has 0 atom stereocenters. The van der Waals surface area contributed by atoms with Crippen LogP contribution >= 0.6 is 0 Å². The highest BCUT2D eigenvalue weighted by Crippen LogP contribution is 2.25. The molecule has 8 heteroatoms. The molecule has 2 aliphatic rings. The number of benzene rings is 1. The normalized spacial score (nSPS) is 17.6. The van der Waals surface area contributed by atoms with Crippen LogP contribution in [0.25, 0.3) is 0 Å². The number of carboxylic acid groups (broad SMARTS) is 1. The molecule has 27 heavy (non-hydrogen) atoms. The van der Waals surface area contributed by atoms with Gasteiger partial charge in [-0.3, -0.25) is 14.5 Å². The van der Waals surface area contributed by atoms with E-state index in [9.17, 15) is 14.4 Å². The Kier molecular flexibility index (Phi) is 5.95. The summed E-state index contributed by atoms with van der Waals surface area (Å²) in [5.41, 5.74) is 3.50. The highest BCUT2D eigenvalue weighted by Gasteiger charge is 2.31. The van der Waals surface area contributed by atoms with Gasteiger partial charge < -0.3 is 20.2 Å². The molecule has 0 unspecified atom stereocenters. The summed E-state index contributed by atoms with van der Waals surface area (Å²) in [5, 5.41) is 11.1. The molecule has 1 saturated heterocycles. The molecule has 3 rings (SSSR count). The summed E-state index contributed by atoms with van der Waals surface area (Å²) in [7, 11) is 2.12. The molecule has 3 amide bonds. The van der Waals surface area contributed by atoms with Crippen LogP contribution in [0.2, 0.25) is 0 Å². The van der Waals surface area contributed by atoms with Crippen molar-refractivity contribution in [3.8, 4) is 0 Å². The standard InChI is InChI=1S/C19H26N4O4/c1-21-8-5-14-2-3-16(12-15(14)6-9-21)23-11-10-22(19(23)27)13-17(24)20-7-4-18(25)26/h2-3,12H,4-11,13H2,1H3,(H,20,24)(H,25,26). The summed E-state index contributed by atoms with van der Waals surface area (Å²) in [6, 6.07) is 6.01. The van der Waals surface area contributed by atoms with Crippen LogP contribution in [0.1, 0.15) is 17.5 Å². The van der Waals surface area contributed by atoms with Crippen LogP contribution in [-0.2, 0) is 22.4 Å². The van der Waals surface area contributed by atoms with Gasteiger partial charge in [0.1, 0.15) is 6.54 Å². The lowest BCUT2D eigenvalue weighted by Crippen LogP contribution is -2.40. The minimum absolute atomic E-state index is 0.0509. The van der Waals surface area contributed by atoms with Crippen molar-refractivity contribution in [3.63, 3.8) is 0 Å². The first kappa shape index (κ1) is 19.2. The number of amides is 3. The molecule has 146 valence electrons. The first-order chi connectivity index (χ1) is 12.9. The van der Waals surface area contributed by atoms with Gasteiger partial charge in [-0.2, -0.15) is 0 Å². The number of rotatable bonds is 6. The van der Waals surface area contributed by atoms with Gasteiger partial charge in [0, 0.05) is 38.4 Å². The number of nitrogens with one attached hydrogen (secondary N) is 1. The summed E-state index contributed by atoms with van der Waals surface area (Å²) in [6.07, 6.45) is 1.86. The third kappa shape index (κ3) is 4.77. The van der Waals surface area contributed by atoms with Crippen molar-refractivity contribution in [1.29, 1.82) is 0 Å². The molecule has 0 bridgehead atoms. The van der Waals surface area contributed by atoms with Gasteiger partial charge in [-0.1, -0.05) is 6.07 Å². The molecule has 2 aliphatic heterocycles. The Morgan fingerprint density at radius 1 is 1.11 bits per heavy atom. The number of fused-ring (bicyclic) bond motifs is 1. The molecule has 2 heterocycles. The molecular formula is C19H26N4O4. The van der Waals surface area contributed by atoms with Gasteiger partial charge >= 0.3 is 12.0 Å². The van der Waals surface area contributed by atoms with Crippen molar-refractivity contribution in [3.05, 3.63) is 29.3 Å². The van der Waals surface area contributed by atoms with Crippen molar-refractivity contribution in [2.75, 3.05) is 51.2 Å². The van der Waals surface area contributed by atoms with Gasteiger partial charge in [0.2, 0.25) is 5.91 Å². The Balaban J connectivity index is 1.60. The summed E-state index contributed by atoms with van der Waals surface area (Å²) >= 11 is 0. The van der Waals surface area contributed by atoms with E-state index in [2.05, 4.69) is 29.4 Å². The second-order valence-corrected chi connectivity index (χ2v) is 7.11. The SMILES string of the molecule is CN1CCc2ccc(N3CCN(CC(=O)NCCC(=O)O)C3=O)cc2CC1. The maximum Gasteiger partial charge on any atom is 0.325 e. The molecule has 1 aromatic carbocycles. The van der Waals surface area contributed by atoms with Crippen LogP contribution in [0.5, 0.6) is 0 Å². The minimum atomic E-state index is -0.965. The second-order valence-electron chi connectivity index (χ2n) is 7.11. The molecular weight excluding hydrogens is 348 g/mol. The monoisotopic (exact) mass is 374 g/mol. The molecule has 0 aliphatic carbocycles. The van der Waals surface area contributed by atoms with Crippen LogP contribution in [0.15, 0.2) is 18.2 Å². The largest absolute Gasteiger partial charge is 0.481 e. The van der Waals surface area contributed by atoms with E-state index in [1.54, 1.807) is 4.90 Å². The number of likely N-dealkylation sites (N-methyl/N-ethyl adjacent to an activating group) is 1. The van der Waals surface area contributed by atoms with Gasteiger partial charge in [0.05, 0.1) is 6.42 Å². The lowest BCUT2D eigenvalue weighted by atomic mass is 10.0. The van der Waals surface area contributed by atoms with Gasteiger partial charge in [0.25, 0.3) is 0 Å². The van der Waals surface area contributed by atoms with Crippen LogP contribution in [0.3, 0.4) is 0 Å². The average Bonchev–Trinajstić information content (AvgIpc) is 2.87. The zero-order chi connectivity index (χ0) is 19.4. The van der Waals surface area contributed by atoms with Gasteiger partial charge in [-0.25, -0.2) is 4.79 Å². The number of hydrogen-bond donors (Lipinski definition) is 2. The molecule has 1 aromatic rings. The number of urea groups is 1. The fourth-order valence-corrected chi connectivity index (χ4v) is 3.50. The summed E-state index contributed by atoms with van der Waals surface area (Å²) < 4.78 is 0. The van der Waals surface area contributed by atoms with Crippen molar-refractivity contribution >= 4 is 23.6 Å². The van der Waals surface area contributed by atoms with E-state index >= 15 is 0 Å². The Labute approximate surface area is 158 Å². The van der Waals surface area contributed by atoms with E-state index in [1.807, 2.05) is 6.07 Å². The number of carbonyl (C=O) groups is 3. The summed E-state index contributed by atoms with van der Waals surface area (Å²) in [4.78, 5) is 40.6. The van der Waals surface area contributed by atoms with Crippen LogP contribution < -0.4 is 10.2 Å². The topological polar surface area (TPSA) is 93.2 Å². The maximum absolute atomic E-state index is 12.7. The highest BCUT2D eigenvalue weighted by molar-refractivity contribution is 5.96. The van der Waals surface area contributed by atoms with Crippen LogP contribution in [0, 0.1) is 0 Å². The zero-order valence-electron chi connectivity index (χ0n) is 15.6. The number of carboxylic acids is 1. The number of aliphatic carboxylic acids is 1. The van der Waals surface area contributed by atoms with Crippen molar-refractivity contribution in [2.45, 2.75) is 19.3 Å². The molecule has 0 saturated carbocycles. The van der Waals surface area contributed by atoms with Gasteiger partial charge in [-0.15, -0.1) is 0 Å². The fourth-order valence-electron chi connectivity index (χ4n) is 3.50. The first-order valence-corrected chi connectivity index (χ1v) is 9.29. The number of carbonyl (C=O) groups excluding carboxylic acids is 2. The Hall–Kier alpha value is -2.61. The van der Waals surface area contributed by atoms with E-state index in [1.165, 1.54) is 16.0 Å². The lowest BCUT2D eigenvalue weighted by Gasteiger charge is -2.19. The predicted octanol–water partition coefficient (Wildman–Crippen LogP) is 0.550. The van der Waals surface area contributed by atoms with Crippen molar-refractivity contribution in [1.82, 2.24) is 15.1 Å². The van der Waals surface area contributed by atoms with Gasteiger partial charge in [-0.05, 0) is 43.1 Å². The van der Waals surface area contributed by atoms with E-state index in [4.69, 9.17) is 5.11 Å². The second kappa shape index (κ2) is 8.39. The zero-order valence-corrected chi connectivity index (χ0v) is 15.6. The van der Waals surface area contributed by atoms with E-state index in [0.29, 0.717) is 13.1 Å². The third-order valence-electron chi connectivity index (χ3n) is 5.12. The molecule has 1 fully saturated rings. The molecule has 0 radical (unpaired) electrons. The average molecular weight is 374 g/mol. The summed E-state index contributed by atoms with van der Waals surface area (Å²) in [5.74, 6) is -1.30. The number of nitrogens with zero attached hydrogens (tertiary/aromatic N) is 3. The van der Waals surface area contributed by atoms with E-state index in [-0.39, 0.29) is 31.4 Å². The van der Waals surface area contributed by atoms with E-state index in [0.717, 1.165) is 31.6 Å². The Morgan fingerprint density at radius 2 is 1.85 bits per heavy atom. The quantitative estimate of drug-likeness (QED) is 0.759. The maximum atomic E-state index is 12.7. The first-order valence-electron chi connectivity index (χ1n) is 9.29. The summed E-state index contributed by atoms with van der Waals surface area (Å²) in [6.45, 7) is 3.08. The number of hydrogen-bond acceptors (Lipinski definition) is 4. The smallest absolute Gasteiger partial charge is 0.325 e. The molecule has 2 N–H and O–H groups in total. The Bertz CT molecular complexity index is 736. The fraction of sp³-hybridized carbons (Fsp3) is 0.526. The molecule has 8 nitrogen and oxygen atoms in total. The Morgan fingerprint density at radius 3 is 2.59 bits per heavy atom. The van der Waals surface area contributed by atoms with Crippen LogP contribution in [0.4, 0.5) is 10.5 Å². The lowest BCUT2D eigenvalue weighted by molar-refractivity contribution is -0.136. The third-order valence-corrected chi connectivity index (χ3v) is 5.12. The van der Waals surface area contributed by atoms with Crippen molar-refractivity contribution < 1.29 is 19.5 Å². The van der Waals surface area contributed by atoms with Gasteiger partial charge in [0.15, 0.2) is 0 Å². The molecule has 0 aromatic heterocycles. The highest BCUT2D eigenvalue weighted by atomic mass is 16.4. The van der Waals surface area contributed by atoms with Crippen molar-refractivity contribution in [2.24, 2.45) is 0 Å². The predicted molar refractivity (Wildman–Crippen MR) is 101 cm³/mol. The van der Waals surface area contributed by atoms with E-state index < -0.39 is 5.97 Å².